The van der Waals surface area contributed by atoms with Crippen LogP contribution < -0.4 is 20.7 Å². The summed E-state index contributed by atoms with van der Waals surface area (Å²) in [6.07, 6.45) is 0.748. The van der Waals surface area contributed by atoms with E-state index in [2.05, 4.69) is 10.2 Å². The van der Waals surface area contributed by atoms with Crippen LogP contribution in [0.3, 0.4) is 0 Å². The van der Waals surface area contributed by atoms with E-state index >= 15 is 0 Å². The average molecular weight is 396 g/mol. The minimum atomic E-state index is -0.836. The van der Waals surface area contributed by atoms with Crippen molar-refractivity contribution < 1.29 is 28.2 Å². The number of aryl methyl sites for hydroxylation is 1. The molecule has 0 fully saturated rings. The van der Waals surface area contributed by atoms with Gasteiger partial charge >= 0.3 is 6.16 Å². The van der Waals surface area contributed by atoms with Gasteiger partial charge < -0.3 is 18.6 Å². The fourth-order valence-corrected chi connectivity index (χ4v) is 2.90. The molecule has 3 aromatic rings. The SMILES string of the molecule is COC(=O)Oc1cccc2oc(C=C(C(=O)NN)c3ccc(OC)cc3)c(C)c12. The highest BCUT2D eigenvalue weighted by Gasteiger charge is 2.18. The molecule has 150 valence electrons. The van der Waals surface area contributed by atoms with Crippen LogP contribution in [-0.4, -0.2) is 26.3 Å². The lowest BCUT2D eigenvalue weighted by Crippen LogP contribution is -2.30. The summed E-state index contributed by atoms with van der Waals surface area (Å²) in [5, 5.41) is 0.603. The lowest BCUT2D eigenvalue weighted by atomic mass is 10.0. The second-order valence-electron chi connectivity index (χ2n) is 6.04. The number of rotatable bonds is 5. The zero-order valence-electron chi connectivity index (χ0n) is 16.1. The molecule has 0 radical (unpaired) electrons. The third-order valence-electron chi connectivity index (χ3n) is 4.36. The second-order valence-corrected chi connectivity index (χ2v) is 6.04. The highest BCUT2D eigenvalue weighted by atomic mass is 16.7. The van der Waals surface area contributed by atoms with Crippen LogP contribution in [0.15, 0.2) is 46.9 Å². The summed E-state index contributed by atoms with van der Waals surface area (Å²) in [7, 11) is 2.79. The van der Waals surface area contributed by atoms with E-state index in [4.69, 9.17) is 19.7 Å². The first-order valence-corrected chi connectivity index (χ1v) is 8.63. The average Bonchev–Trinajstić information content (AvgIpc) is 3.07. The summed E-state index contributed by atoms with van der Waals surface area (Å²) in [6, 6.07) is 12.0. The Morgan fingerprint density at radius 1 is 1.10 bits per heavy atom. The third kappa shape index (κ3) is 4.07. The van der Waals surface area contributed by atoms with E-state index in [1.165, 1.54) is 7.11 Å². The molecule has 2 aromatic carbocycles. The number of carbonyl (C=O) groups is 2. The van der Waals surface area contributed by atoms with Crippen molar-refractivity contribution in [2.24, 2.45) is 5.84 Å². The molecule has 1 aromatic heterocycles. The lowest BCUT2D eigenvalue weighted by Gasteiger charge is -2.07. The van der Waals surface area contributed by atoms with Gasteiger partial charge in [0.05, 0.1) is 25.2 Å². The monoisotopic (exact) mass is 396 g/mol. The lowest BCUT2D eigenvalue weighted by molar-refractivity contribution is -0.115. The number of ether oxygens (including phenoxy) is 3. The van der Waals surface area contributed by atoms with E-state index < -0.39 is 12.1 Å². The molecule has 1 heterocycles. The van der Waals surface area contributed by atoms with Crippen molar-refractivity contribution in [1.29, 1.82) is 0 Å². The summed E-state index contributed by atoms with van der Waals surface area (Å²) in [6.45, 7) is 1.80. The van der Waals surface area contributed by atoms with Crippen molar-refractivity contribution in [3.8, 4) is 11.5 Å². The zero-order valence-corrected chi connectivity index (χ0v) is 16.1. The van der Waals surface area contributed by atoms with Crippen LogP contribution in [0.4, 0.5) is 4.79 Å². The van der Waals surface area contributed by atoms with Gasteiger partial charge in [-0.2, -0.15) is 0 Å². The van der Waals surface area contributed by atoms with Crippen molar-refractivity contribution in [2.45, 2.75) is 6.92 Å². The number of fused-ring (bicyclic) bond motifs is 1. The Morgan fingerprint density at radius 2 is 1.83 bits per heavy atom. The second kappa shape index (κ2) is 8.49. The molecule has 3 N–H and O–H groups in total. The van der Waals surface area contributed by atoms with E-state index in [0.717, 1.165) is 0 Å². The quantitative estimate of drug-likeness (QED) is 0.170. The fraction of sp³-hybridized carbons (Fsp3) is 0.143. The number of hydrazine groups is 1. The van der Waals surface area contributed by atoms with Crippen molar-refractivity contribution >= 4 is 34.7 Å². The molecule has 8 heteroatoms. The van der Waals surface area contributed by atoms with Crippen LogP contribution in [0.2, 0.25) is 0 Å². The number of hydrogen-bond donors (Lipinski definition) is 2. The normalized spacial score (nSPS) is 11.2. The van der Waals surface area contributed by atoms with Crippen molar-refractivity contribution in [1.82, 2.24) is 5.43 Å². The molecule has 0 saturated heterocycles. The molecule has 0 unspecified atom stereocenters. The van der Waals surface area contributed by atoms with E-state index in [-0.39, 0.29) is 0 Å². The Hall–Kier alpha value is -3.78. The fourth-order valence-electron chi connectivity index (χ4n) is 2.90. The molecular weight excluding hydrogens is 376 g/mol. The minimum Gasteiger partial charge on any atom is -0.497 e. The van der Waals surface area contributed by atoms with Gasteiger partial charge in [-0.15, -0.1) is 0 Å². The molecule has 0 spiro atoms. The van der Waals surface area contributed by atoms with Crippen LogP contribution in [0.25, 0.3) is 22.6 Å². The Morgan fingerprint density at radius 3 is 2.45 bits per heavy atom. The topological polar surface area (TPSA) is 113 Å². The minimum absolute atomic E-state index is 0.296. The molecule has 8 nitrogen and oxygen atoms in total. The van der Waals surface area contributed by atoms with Crippen LogP contribution in [0.5, 0.6) is 11.5 Å². The van der Waals surface area contributed by atoms with Crippen molar-refractivity contribution in [2.75, 3.05) is 14.2 Å². The van der Waals surface area contributed by atoms with Gasteiger partial charge in [0.25, 0.3) is 5.91 Å². The number of methoxy groups -OCH3 is 2. The Labute approximate surface area is 166 Å². The molecule has 0 saturated carbocycles. The molecular formula is C21H20N2O6. The van der Waals surface area contributed by atoms with Gasteiger partial charge in [0.2, 0.25) is 0 Å². The molecule has 1 amide bonds. The van der Waals surface area contributed by atoms with Crippen LogP contribution >= 0.6 is 0 Å². The Balaban J connectivity index is 2.12. The maximum Gasteiger partial charge on any atom is 0.513 e. The molecule has 0 aliphatic carbocycles. The number of furan rings is 1. The number of amides is 1. The van der Waals surface area contributed by atoms with E-state index in [9.17, 15) is 9.59 Å². The Kier molecular flexibility index (Phi) is 5.85. The maximum atomic E-state index is 12.4. The van der Waals surface area contributed by atoms with E-state index in [1.807, 2.05) is 0 Å². The first-order chi connectivity index (χ1) is 14.0. The van der Waals surface area contributed by atoms with Gasteiger partial charge in [0.1, 0.15) is 22.8 Å². The van der Waals surface area contributed by atoms with Gasteiger partial charge in [0, 0.05) is 5.56 Å². The Bertz CT molecular complexity index is 1080. The van der Waals surface area contributed by atoms with Crippen molar-refractivity contribution in [3.05, 3.63) is 59.4 Å². The van der Waals surface area contributed by atoms with Gasteiger partial charge in [-0.1, -0.05) is 18.2 Å². The number of hydrogen-bond acceptors (Lipinski definition) is 7. The number of nitrogens with one attached hydrogen (secondary N) is 1. The molecule has 0 bridgehead atoms. The number of nitrogens with two attached hydrogens (primary N) is 1. The van der Waals surface area contributed by atoms with Crippen LogP contribution in [-0.2, 0) is 9.53 Å². The van der Waals surface area contributed by atoms with Gasteiger partial charge in [-0.05, 0) is 42.8 Å². The number of benzene rings is 2. The van der Waals surface area contributed by atoms with Gasteiger partial charge in [-0.3, -0.25) is 10.2 Å². The predicted molar refractivity (Wildman–Crippen MR) is 107 cm³/mol. The third-order valence-corrected chi connectivity index (χ3v) is 4.36. The zero-order chi connectivity index (χ0) is 21.0. The van der Waals surface area contributed by atoms with Gasteiger partial charge in [0.15, 0.2) is 0 Å². The summed E-state index contributed by atoms with van der Waals surface area (Å²) in [4.78, 5) is 23.9. The van der Waals surface area contributed by atoms with Crippen molar-refractivity contribution in [3.63, 3.8) is 0 Å². The molecule has 0 aliphatic heterocycles. The standard InChI is InChI=1S/C21H20N2O6/c1-12-18(28-16-5-4-6-17(19(12)16)29-21(25)27-3)11-15(20(24)23-22)13-7-9-14(26-2)10-8-13/h4-11H,22H2,1-3H3,(H,23,24). The molecule has 3 rings (SSSR count). The summed E-state index contributed by atoms with van der Waals surface area (Å²) in [5.74, 6) is 6.26. The van der Waals surface area contributed by atoms with E-state index in [1.54, 1.807) is 62.6 Å². The number of carbonyl (C=O) groups excluding carboxylic acids is 2. The summed E-state index contributed by atoms with van der Waals surface area (Å²) in [5.41, 5.74) is 4.26. The summed E-state index contributed by atoms with van der Waals surface area (Å²) >= 11 is 0. The first kappa shape index (κ1) is 20.0. The molecule has 0 aliphatic rings. The molecule has 0 atom stereocenters. The smallest absolute Gasteiger partial charge is 0.497 e. The first-order valence-electron chi connectivity index (χ1n) is 8.63. The highest BCUT2D eigenvalue weighted by molar-refractivity contribution is 6.24. The van der Waals surface area contributed by atoms with Gasteiger partial charge in [-0.25, -0.2) is 10.6 Å². The molecule has 29 heavy (non-hydrogen) atoms. The summed E-state index contributed by atoms with van der Waals surface area (Å²) < 4.78 is 20.8. The maximum absolute atomic E-state index is 12.4. The largest absolute Gasteiger partial charge is 0.513 e. The highest BCUT2D eigenvalue weighted by Crippen LogP contribution is 2.35. The van der Waals surface area contributed by atoms with E-state index in [0.29, 0.717) is 44.9 Å². The van der Waals surface area contributed by atoms with Crippen LogP contribution in [0, 0.1) is 6.92 Å². The van der Waals surface area contributed by atoms with Crippen LogP contribution in [0.1, 0.15) is 16.9 Å². The predicted octanol–water partition coefficient (Wildman–Crippen LogP) is 3.43.